The average molecular weight is 617 g/mol. The minimum absolute atomic E-state index is 0.133. The molecule has 2 aromatic rings. The number of carbonyl (C=O) groups is 1. The Hall–Kier alpha value is -2.59. The highest BCUT2D eigenvalue weighted by Crippen LogP contribution is 2.45. The number of hydrogen-bond donors (Lipinski definition) is 0. The van der Waals surface area contributed by atoms with Crippen LogP contribution in [0.3, 0.4) is 0 Å². The molecule has 1 aromatic heterocycles. The van der Waals surface area contributed by atoms with Crippen molar-refractivity contribution in [2.45, 2.75) is 65.0 Å². The van der Waals surface area contributed by atoms with E-state index in [9.17, 15) is 4.79 Å². The maximum Gasteiger partial charge on any atom is 0.410 e. The van der Waals surface area contributed by atoms with Gasteiger partial charge in [0.05, 0.1) is 11.1 Å². The van der Waals surface area contributed by atoms with Crippen LogP contribution in [-0.2, 0) is 4.74 Å². The number of benzene rings is 1. The number of likely N-dealkylation sites (N-methyl/N-ethyl adjacent to an activating group) is 1. The van der Waals surface area contributed by atoms with Gasteiger partial charge in [0, 0.05) is 43.0 Å². The standard InChI is InChI=1S/C30H42BrN5O4/c1-7-20-16-22-24(25(23(20)31)38-8-2)32-27(39-17-21-10-9-13-34(21)6)33-26(22)35-14-11-30(12-15-35)18-36(19-30)28(37)40-29(3,4)5/h7,16,21H,1,8-15,17-19H2,2-6H3/t21-/m0/s1. The molecule has 0 aliphatic carbocycles. The summed E-state index contributed by atoms with van der Waals surface area (Å²) in [5, 5.41) is 0.923. The molecule has 10 heteroatoms. The number of fused-ring (bicyclic) bond motifs is 1. The van der Waals surface area contributed by atoms with Crippen molar-refractivity contribution in [3.63, 3.8) is 0 Å². The first-order valence-electron chi connectivity index (χ1n) is 14.4. The van der Waals surface area contributed by atoms with Gasteiger partial charge in [-0.1, -0.05) is 12.7 Å². The van der Waals surface area contributed by atoms with E-state index in [-0.39, 0.29) is 11.5 Å². The van der Waals surface area contributed by atoms with Crippen LogP contribution in [-0.4, -0.2) is 90.5 Å². The number of ether oxygens (including phenoxy) is 3. The number of piperidine rings is 1. The van der Waals surface area contributed by atoms with E-state index in [1.165, 1.54) is 6.42 Å². The highest BCUT2D eigenvalue weighted by Gasteiger charge is 2.48. The second-order valence-electron chi connectivity index (χ2n) is 12.4. The van der Waals surface area contributed by atoms with E-state index in [1.54, 1.807) is 0 Å². The predicted octanol–water partition coefficient (Wildman–Crippen LogP) is 5.74. The highest BCUT2D eigenvalue weighted by atomic mass is 79.9. The van der Waals surface area contributed by atoms with E-state index in [2.05, 4.69) is 45.4 Å². The minimum Gasteiger partial charge on any atom is -0.490 e. The zero-order valence-electron chi connectivity index (χ0n) is 24.5. The number of carbonyl (C=O) groups excluding carboxylic acids is 1. The number of rotatable bonds is 7. The van der Waals surface area contributed by atoms with Crippen molar-refractivity contribution >= 4 is 44.8 Å². The Morgan fingerprint density at radius 2 is 1.93 bits per heavy atom. The second-order valence-corrected chi connectivity index (χ2v) is 13.2. The van der Waals surface area contributed by atoms with Gasteiger partial charge in [0.15, 0.2) is 5.75 Å². The summed E-state index contributed by atoms with van der Waals surface area (Å²) >= 11 is 3.72. The third-order valence-electron chi connectivity index (χ3n) is 8.29. The number of amides is 1. The molecule has 5 rings (SSSR count). The number of likely N-dealkylation sites (tertiary alicyclic amines) is 2. The van der Waals surface area contributed by atoms with E-state index in [0.717, 1.165) is 78.7 Å². The summed E-state index contributed by atoms with van der Waals surface area (Å²) in [7, 11) is 2.14. The first kappa shape index (κ1) is 28.9. The SMILES string of the molecule is C=Cc1cc2c(N3CCC4(CC3)CN(C(=O)OC(C)(C)C)C4)nc(OC[C@@H]3CCCN3C)nc2c(OCC)c1Br. The third kappa shape index (κ3) is 5.88. The smallest absolute Gasteiger partial charge is 0.410 e. The molecule has 1 amide bonds. The van der Waals surface area contributed by atoms with Crippen molar-refractivity contribution in [1.29, 1.82) is 0 Å². The quantitative estimate of drug-likeness (QED) is 0.390. The number of nitrogens with zero attached hydrogens (tertiary/aromatic N) is 5. The van der Waals surface area contributed by atoms with Crippen molar-refractivity contribution in [2.24, 2.45) is 5.41 Å². The van der Waals surface area contributed by atoms with E-state index in [0.29, 0.717) is 31.0 Å². The molecule has 0 radical (unpaired) electrons. The molecule has 1 spiro atoms. The zero-order valence-corrected chi connectivity index (χ0v) is 26.1. The van der Waals surface area contributed by atoms with E-state index in [4.69, 9.17) is 24.2 Å². The Bertz CT molecular complexity index is 1260. The molecule has 0 saturated carbocycles. The lowest BCUT2D eigenvalue weighted by molar-refractivity contribution is -0.0434. The maximum absolute atomic E-state index is 12.5. The molecule has 0 N–H and O–H groups in total. The van der Waals surface area contributed by atoms with Crippen LogP contribution in [0.5, 0.6) is 11.8 Å². The molecule has 40 heavy (non-hydrogen) atoms. The van der Waals surface area contributed by atoms with Crippen LogP contribution in [0.4, 0.5) is 10.6 Å². The van der Waals surface area contributed by atoms with E-state index in [1.807, 2.05) is 38.7 Å². The fourth-order valence-electron chi connectivity index (χ4n) is 6.02. The lowest BCUT2D eigenvalue weighted by atomic mass is 9.72. The van der Waals surface area contributed by atoms with Gasteiger partial charge < -0.3 is 28.9 Å². The summed E-state index contributed by atoms with van der Waals surface area (Å²) in [6.45, 7) is 17.0. The molecule has 1 aromatic carbocycles. The molecule has 3 fully saturated rings. The summed E-state index contributed by atoms with van der Waals surface area (Å²) in [5.41, 5.74) is 1.32. The number of halogens is 1. The topological polar surface area (TPSA) is 80.3 Å². The fourth-order valence-corrected chi connectivity index (χ4v) is 6.59. The van der Waals surface area contributed by atoms with Gasteiger partial charge in [-0.25, -0.2) is 4.79 Å². The van der Waals surface area contributed by atoms with Crippen molar-refractivity contribution in [2.75, 3.05) is 57.9 Å². The minimum atomic E-state index is -0.482. The van der Waals surface area contributed by atoms with Gasteiger partial charge >= 0.3 is 12.1 Å². The molecule has 1 atom stereocenters. The van der Waals surface area contributed by atoms with Gasteiger partial charge in [0.25, 0.3) is 0 Å². The second kappa shape index (κ2) is 11.4. The zero-order chi connectivity index (χ0) is 28.7. The van der Waals surface area contributed by atoms with Gasteiger partial charge in [-0.3, -0.25) is 0 Å². The first-order chi connectivity index (χ1) is 19.0. The molecule has 4 heterocycles. The summed E-state index contributed by atoms with van der Waals surface area (Å²) in [4.78, 5) is 28.9. The predicted molar refractivity (Wildman–Crippen MR) is 161 cm³/mol. The van der Waals surface area contributed by atoms with Crippen molar-refractivity contribution in [3.05, 3.63) is 22.7 Å². The maximum atomic E-state index is 12.5. The van der Waals surface area contributed by atoms with Gasteiger partial charge in [-0.2, -0.15) is 9.97 Å². The fraction of sp³-hybridized carbons (Fsp3) is 0.633. The van der Waals surface area contributed by atoms with Gasteiger partial charge in [-0.15, -0.1) is 0 Å². The van der Waals surface area contributed by atoms with Crippen molar-refractivity contribution in [3.8, 4) is 11.8 Å². The molecule has 218 valence electrons. The molecule has 0 unspecified atom stereocenters. The summed E-state index contributed by atoms with van der Waals surface area (Å²) in [5.74, 6) is 1.54. The Balaban J connectivity index is 1.40. The summed E-state index contributed by atoms with van der Waals surface area (Å²) < 4.78 is 18.7. The average Bonchev–Trinajstić information content (AvgIpc) is 3.30. The van der Waals surface area contributed by atoms with Gasteiger partial charge in [0.1, 0.15) is 23.5 Å². The summed E-state index contributed by atoms with van der Waals surface area (Å²) in [6.07, 6.45) is 5.85. The largest absolute Gasteiger partial charge is 0.490 e. The Kier molecular flexibility index (Phi) is 8.21. The van der Waals surface area contributed by atoms with Crippen LogP contribution >= 0.6 is 15.9 Å². The number of aromatic nitrogens is 2. The molecule has 0 bridgehead atoms. The molecule has 3 aliphatic heterocycles. The summed E-state index contributed by atoms with van der Waals surface area (Å²) in [6, 6.07) is 2.82. The number of hydrogen-bond acceptors (Lipinski definition) is 8. The molecular weight excluding hydrogens is 574 g/mol. The van der Waals surface area contributed by atoms with Crippen LogP contribution < -0.4 is 14.4 Å². The highest BCUT2D eigenvalue weighted by molar-refractivity contribution is 9.10. The normalized spacial score (nSPS) is 21.0. The molecular formula is C30H42BrN5O4. The van der Waals surface area contributed by atoms with Gasteiger partial charge in [0.2, 0.25) is 0 Å². The van der Waals surface area contributed by atoms with Crippen LogP contribution in [0, 0.1) is 5.41 Å². The lowest BCUT2D eigenvalue weighted by Gasteiger charge is -2.53. The van der Waals surface area contributed by atoms with Gasteiger partial charge in [-0.05, 0) is 94.5 Å². The van der Waals surface area contributed by atoms with Crippen LogP contribution in [0.25, 0.3) is 17.0 Å². The van der Waals surface area contributed by atoms with Crippen molar-refractivity contribution < 1.29 is 19.0 Å². The van der Waals surface area contributed by atoms with E-state index < -0.39 is 5.60 Å². The monoisotopic (exact) mass is 615 g/mol. The van der Waals surface area contributed by atoms with Crippen molar-refractivity contribution in [1.82, 2.24) is 19.8 Å². The first-order valence-corrected chi connectivity index (χ1v) is 15.2. The molecule has 9 nitrogen and oxygen atoms in total. The molecule has 3 saturated heterocycles. The van der Waals surface area contributed by atoms with Crippen LogP contribution in [0.15, 0.2) is 17.1 Å². The Labute approximate surface area is 246 Å². The molecule has 3 aliphatic rings. The third-order valence-corrected chi connectivity index (χ3v) is 9.10. The lowest BCUT2D eigenvalue weighted by Crippen LogP contribution is -2.62. The van der Waals surface area contributed by atoms with Crippen LogP contribution in [0.2, 0.25) is 0 Å². The van der Waals surface area contributed by atoms with E-state index >= 15 is 0 Å². The Morgan fingerprint density at radius 1 is 1.20 bits per heavy atom. The number of anilines is 1. The Morgan fingerprint density at radius 3 is 2.52 bits per heavy atom. The van der Waals surface area contributed by atoms with Crippen LogP contribution in [0.1, 0.15) is 58.9 Å².